The number of hydrogen-bond donors (Lipinski definition) is 2. The summed E-state index contributed by atoms with van der Waals surface area (Å²) < 4.78 is 5.17. The van der Waals surface area contributed by atoms with E-state index < -0.39 is 0 Å². The van der Waals surface area contributed by atoms with Crippen LogP contribution in [0.2, 0.25) is 0 Å². The molecule has 1 aliphatic rings. The highest BCUT2D eigenvalue weighted by molar-refractivity contribution is 4.82. The Morgan fingerprint density at radius 3 is 2.23 bits per heavy atom. The van der Waals surface area contributed by atoms with Crippen LogP contribution in [-0.4, -0.2) is 26.3 Å². The molecule has 1 rings (SSSR count). The lowest BCUT2D eigenvalue weighted by Crippen LogP contribution is -2.51. The van der Waals surface area contributed by atoms with Crippen molar-refractivity contribution in [2.45, 2.75) is 27.7 Å². The second-order valence-corrected chi connectivity index (χ2v) is 5.57. The van der Waals surface area contributed by atoms with E-state index in [1.165, 1.54) is 0 Å². The molecule has 1 aliphatic heterocycles. The van der Waals surface area contributed by atoms with Crippen LogP contribution in [-0.2, 0) is 4.74 Å². The van der Waals surface area contributed by atoms with E-state index in [2.05, 4.69) is 38.5 Å². The maximum atomic E-state index is 5.17. The smallest absolute Gasteiger partial charge is 0.0554 e. The molecule has 13 heavy (non-hydrogen) atoms. The summed E-state index contributed by atoms with van der Waals surface area (Å²) in [6.07, 6.45) is 0. The molecule has 0 atom stereocenters. The van der Waals surface area contributed by atoms with Gasteiger partial charge in [0.15, 0.2) is 0 Å². The number of hydrogen-bond acceptors (Lipinski definition) is 3. The molecule has 0 aliphatic carbocycles. The number of ether oxygens (including phenoxy) is 1. The van der Waals surface area contributed by atoms with Crippen molar-refractivity contribution in [3.8, 4) is 0 Å². The van der Waals surface area contributed by atoms with Crippen LogP contribution in [0.3, 0.4) is 0 Å². The van der Waals surface area contributed by atoms with Crippen molar-refractivity contribution >= 4 is 0 Å². The molecule has 0 unspecified atom stereocenters. The maximum absolute atomic E-state index is 5.17. The first-order valence-electron chi connectivity index (χ1n) is 4.95. The number of hydrazine groups is 1. The molecule has 0 bridgehead atoms. The topological polar surface area (TPSA) is 33.3 Å². The largest absolute Gasteiger partial charge is 0.380 e. The Hall–Kier alpha value is -0.120. The van der Waals surface area contributed by atoms with Crippen molar-refractivity contribution in [2.24, 2.45) is 10.8 Å². The van der Waals surface area contributed by atoms with Gasteiger partial charge in [0.05, 0.1) is 13.2 Å². The zero-order valence-corrected chi connectivity index (χ0v) is 9.24. The van der Waals surface area contributed by atoms with Crippen molar-refractivity contribution < 1.29 is 4.74 Å². The second kappa shape index (κ2) is 3.95. The average molecular weight is 186 g/mol. The Kier molecular flexibility index (Phi) is 3.33. The lowest BCUT2D eigenvalue weighted by atomic mass is 9.89. The van der Waals surface area contributed by atoms with Gasteiger partial charge in [-0.25, -0.2) is 0 Å². The molecular formula is C10H22N2O. The molecule has 78 valence electrons. The Balaban J connectivity index is 2.01. The normalized spacial score (nSPS) is 21.2. The van der Waals surface area contributed by atoms with Gasteiger partial charge in [-0.15, -0.1) is 0 Å². The van der Waals surface area contributed by atoms with Crippen molar-refractivity contribution in [1.82, 2.24) is 10.9 Å². The third-order valence-electron chi connectivity index (χ3n) is 2.16. The molecule has 3 heteroatoms. The standard InChI is InChI=1S/C10H22N2O/c1-9(2,3)5-11-12-6-10(4)7-13-8-10/h11-12H,5-8H2,1-4H3. The van der Waals surface area contributed by atoms with Gasteiger partial charge in [-0.1, -0.05) is 27.7 Å². The summed E-state index contributed by atoms with van der Waals surface area (Å²) in [5.41, 5.74) is 7.19. The molecule has 1 heterocycles. The summed E-state index contributed by atoms with van der Waals surface area (Å²) in [6.45, 7) is 12.6. The van der Waals surface area contributed by atoms with Crippen LogP contribution in [0.1, 0.15) is 27.7 Å². The van der Waals surface area contributed by atoms with Crippen LogP contribution < -0.4 is 10.9 Å². The van der Waals surface area contributed by atoms with E-state index in [0.29, 0.717) is 10.8 Å². The van der Waals surface area contributed by atoms with Gasteiger partial charge >= 0.3 is 0 Å². The SMILES string of the molecule is CC(C)(C)CNNCC1(C)COC1. The molecule has 1 fully saturated rings. The second-order valence-electron chi connectivity index (χ2n) is 5.57. The summed E-state index contributed by atoms with van der Waals surface area (Å²) in [5, 5.41) is 0. The van der Waals surface area contributed by atoms with Crippen LogP contribution in [0.4, 0.5) is 0 Å². The molecule has 0 aromatic heterocycles. The number of rotatable bonds is 4. The summed E-state index contributed by atoms with van der Waals surface area (Å²) >= 11 is 0. The van der Waals surface area contributed by atoms with E-state index >= 15 is 0 Å². The quantitative estimate of drug-likeness (QED) is 0.510. The van der Waals surface area contributed by atoms with Gasteiger partial charge < -0.3 is 4.74 Å². The molecule has 0 spiro atoms. The van der Waals surface area contributed by atoms with Crippen molar-refractivity contribution in [1.29, 1.82) is 0 Å². The van der Waals surface area contributed by atoms with Gasteiger partial charge in [-0.3, -0.25) is 10.9 Å². The third-order valence-corrected chi connectivity index (χ3v) is 2.16. The fraction of sp³-hybridized carbons (Fsp3) is 1.00. The molecule has 2 N–H and O–H groups in total. The fourth-order valence-electron chi connectivity index (χ4n) is 1.16. The minimum absolute atomic E-state index is 0.337. The van der Waals surface area contributed by atoms with E-state index in [1.807, 2.05) is 0 Å². The summed E-state index contributed by atoms with van der Waals surface area (Å²) in [5.74, 6) is 0. The Labute approximate surface area is 81.2 Å². The molecule has 3 nitrogen and oxygen atoms in total. The summed E-state index contributed by atoms with van der Waals surface area (Å²) in [4.78, 5) is 0. The Morgan fingerprint density at radius 2 is 1.85 bits per heavy atom. The Bertz CT molecular complexity index is 159. The molecule has 0 aromatic rings. The van der Waals surface area contributed by atoms with Gasteiger partial charge in [-0.05, 0) is 5.41 Å². The van der Waals surface area contributed by atoms with Crippen LogP contribution in [0.25, 0.3) is 0 Å². The van der Waals surface area contributed by atoms with E-state index in [4.69, 9.17) is 4.74 Å². The number of nitrogens with one attached hydrogen (secondary N) is 2. The predicted molar refractivity (Wildman–Crippen MR) is 54.4 cm³/mol. The molecule has 1 saturated heterocycles. The minimum atomic E-state index is 0.337. The predicted octanol–water partition coefficient (Wildman–Crippen LogP) is 1.16. The average Bonchev–Trinajstić information content (AvgIpc) is 1.93. The van der Waals surface area contributed by atoms with Crippen molar-refractivity contribution in [3.05, 3.63) is 0 Å². The van der Waals surface area contributed by atoms with Crippen LogP contribution in [0.5, 0.6) is 0 Å². The molecule has 0 aromatic carbocycles. The third kappa shape index (κ3) is 4.07. The van der Waals surface area contributed by atoms with Crippen molar-refractivity contribution in [3.63, 3.8) is 0 Å². The lowest BCUT2D eigenvalue weighted by molar-refractivity contribution is -0.101. The monoisotopic (exact) mass is 186 g/mol. The van der Waals surface area contributed by atoms with E-state index in [-0.39, 0.29) is 0 Å². The zero-order chi connectivity index (χ0) is 9.95. The molecule has 0 amide bonds. The van der Waals surface area contributed by atoms with Gasteiger partial charge in [0, 0.05) is 18.5 Å². The highest BCUT2D eigenvalue weighted by atomic mass is 16.5. The van der Waals surface area contributed by atoms with Gasteiger partial charge in [0.1, 0.15) is 0 Å². The Morgan fingerprint density at radius 1 is 1.23 bits per heavy atom. The first-order chi connectivity index (χ1) is 5.91. The first kappa shape index (κ1) is 11.0. The van der Waals surface area contributed by atoms with Gasteiger partial charge in [0.2, 0.25) is 0 Å². The van der Waals surface area contributed by atoms with Crippen molar-refractivity contribution in [2.75, 3.05) is 26.3 Å². The van der Waals surface area contributed by atoms with E-state index in [9.17, 15) is 0 Å². The van der Waals surface area contributed by atoms with Gasteiger partial charge in [0.25, 0.3) is 0 Å². The molecule has 0 saturated carbocycles. The highest BCUT2D eigenvalue weighted by Gasteiger charge is 2.32. The fourth-order valence-corrected chi connectivity index (χ4v) is 1.16. The maximum Gasteiger partial charge on any atom is 0.0554 e. The van der Waals surface area contributed by atoms with E-state index in [1.54, 1.807) is 0 Å². The first-order valence-corrected chi connectivity index (χ1v) is 4.95. The zero-order valence-electron chi connectivity index (χ0n) is 9.24. The minimum Gasteiger partial charge on any atom is -0.380 e. The van der Waals surface area contributed by atoms with Crippen LogP contribution in [0.15, 0.2) is 0 Å². The van der Waals surface area contributed by atoms with E-state index in [0.717, 1.165) is 26.3 Å². The molecular weight excluding hydrogens is 164 g/mol. The van der Waals surface area contributed by atoms with Crippen LogP contribution >= 0.6 is 0 Å². The van der Waals surface area contributed by atoms with Gasteiger partial charge in [-0.2, -0.15) is 0 Å². The highest BCUT2D eigenvalue weighted by Crippen LogP contribution is 2.24. The molecule has 0 radical (unpaired) electrons. The summed E-state index contributed by atoms with van der Waals surface area (Å²) in [6, 6.07) is 0. The van der Waals surface area contributed by atoms with Crippen LogP contribution in [0, 0.1) is 10.8 Å². The summed E-state index contributed by atoms with van der Waals surface area (Å²) in [7, 11) is 0. The lowest BCUT2D eigenvalue weighted by Gasteiger charge is -2.38.